The molecule has 7 nitrogen and oxygen atoms in total. The zero-order valence-corrected chi connectivity index (χ0v) is 20.6. The van der Waals surface area contributed by atoms with Crippen molar-refractivity contribution in [3.63, 3.8) is 0 Å². The summed E-state index contributed by atoms with van der Waals surface area (Å²) in [6.45, 7) is 5.09. The standard InChI is InChI=1S/C22H29Cl2N3O4S/c1-22(2)18(21(30)31)27-19(29)17(20(27)32-22)25-16(28)5-3-4-14-6-8-15(9-7-14)26(12-10-23)13-11-24/h6-9,17-18,20H,3-5,10-13H2,1-2H3,(H,25,28)(H,30,31)/t17-,18+,20-/m1/s1. The summed E-state index contributed by atoms with van der Waals surface area (Å²) in [4.78, 5) is 40.0. The number of hydrogen-bond acceptors (Lipinski definition) is 5. The minimum atomic E-state index is -1.01. The van der Waals surface area contributed by atoms with E-state index in [9.17, 15) is 19.5 Å². The summed E-state index contributed by atoms with van der Waals surface area (Å²) in [6.07, 6.45) is 1.71. The molecule has 176 valence electrons. The van der Waals surface area contributed by atoms with Gasteiger partial charge in [0, 0.05) is 41.7 Å². The van der Waals surface area contributed by atoms with Crippen LogP contribution in [0.1, 0.15) is 32.3 Å². The van der Waals surface area contributed by atoms with E-state index in [1.807, 2.05) is 38.1 Å². The highest BCUT2D eigenvalue weighted by Crippen LogP contribution is 2.50. The maximum absolute atomic E-state index is 12.5. The molecule has 0 aliphatic carbocycles. The highest BCUT2D eigenvalue weighted by molar-refractivity contribution is 8.01. The van der Waals surface area contributed by atoms with Gasteiger partial charge >= 0.3 is 5.97 Å². The van der Waals surface area contributed by atoms with Crippen LogP contribution in [0.25, 0.3) is 0 Å². The third-order valence-electron chi connectivity index (χ3n) is 5.87. The fourth-order valence-corrected chi connectivity index (χ4v) is 6.33. The van der Waals surface area contributed by atoms with E-state index in [0.717, 1.165) is 30.8 Å². The Labute approximate surface area is 202 Å². The molecule has 3 atom stereocenters. The number of fused-ring (bicyclic) bond motifs is 1. The Morgan fingerprint density at radius 3 is 2.38 bits per heavy atom. The van der Waals surface area contributed by atoms with Crippen LogP contribution in [0.2, 0.25) is 0 Å². The molecule has 0 unspecified atom stereocenters. The number of amides is 2. The van der Waals surface area contributed by atoms with E-state index in [0.29, 0.717) is 24.6 Å². The summed E-state index contributed by atoms with van der Waals surface area (Å²) in [5.74, 6) is -0.455. The molecule has 32 heavy (non-hydrogen) atoms. The van der Waals surface area contributed by atoms with Gasteiger partial charge in [0.15, 0.2) is 0 Å². The van der Waals surface area contributed by atoms with Gasteiger partial charge in [0.05, 0.1) is 0 Å². The summed E-state index contributed by atoms with van der Waals surface area (Å²) >= 11 is 13.2. The second-order valence-electron chi connectivity index (χ2n) is 8.53. The second kappa shape index (κ2) is 10.5. The van der Waals surface area contributed by atoms with Gasteiger partial charge in [-0.3, -0.25) is 9.59 Å². The van der Waals surface area contributed by atoms with Crippen molar-refractivity contribution in [1.29, 1.82) is 0 Å². The quantitative estimate of drug-likeness (QED) is 0.357. The van der Waals surface area contributed by atoms with Crippen molar-refractivity contribution in [3.05, 3.63) is 29.8 Å². The number of nitrogens with one attached hydrogen (secondary N) is 1. The number of carboxylic acids is 1. The third-order valence-corrected chi connectivity index (χ3v) is 7.78. The monoisotopic (exact) mass is 501 g/mol. The number of carboxylic acid groups (broad SMARTS) is 1. The lowest BCUT2D eigenvalue weighted by molar-refractivity contribution is -0.161. The Kier molecular flexibility index (Phi) is 8.22. The first-order valence-electron chi connectivity index (χ1n) is 10.7. The molecule has 0 spiro atoms. The molecular formula is C22H29Cl2N3O4S. The Bertz CT molecular complexity index is 846. The summed E-state index contributed by atoms with van der Waals surface area (Å²) in [6, 6.07) is 6.64. The van der Waals surface area contributed by atoms with E-state index in [-0.39, 0.29) is 17.2 Å². The largest absolute Gasteiger partial charge is 0.480 e. The van der Waals surface area contributed by atoms with E-state index in [2.05, 4.69) is 10.2 Å². The summed E-state index contributed by atoms with van der Waals surface area (Å²) in [5.41, 5.74) is 2.19. The highest BCUT2D eigenvalue weighted by Gasteiger charge is 2.64. The molecule has 2 aliphatic rings. The molecule has 1 aromatic carbocycles. The third kappa shape index (κ3) is 5.29. The average molecular weight is 502 g/mol. The van der Waals surface area contributed by atoms with Crippen molar-refractivity contribution in [1.82, 2.24) is 10.2 Å². The van der Waals surface area contributed by atoms with Gasteiger partial charge in [-0.05, 0) is 44.4 Å². The van der Waals surface area contributed by atoms with Gasteiger partial charge in [-0.15, -0.1) is 35.0 Å². The van der Waals surface area contributed by atoms with Gasteiger partial charge in [0.2, 0.25) is 11.8 Å². The minimum absolute atomic E-state index is 0.188. The summed E-state index contributed by atoms with van der Waals surface area (Å²) < 4.78 is -0.596. The number of carbonyl (C=O) groups excluding carboxylic acids is 2. The number of β-lactam (4-membered cyclic amide) rings is 1. The van der Waals surface area contributed by atoms with Gasteiger partial charge in [-0.25, -0.2) is 4.79 Å². The van der Waals surface area contributed by atoms with E-state index in [4.69, 9.17) is 23.2 Å². The number of benzene rings is 1. The van der Waals surface area contributed by atoms with E-state index >= 15 is 0 Å². The molecular weight excluding hydrogens is 473 g/mol. The molecule has 10 heteroatoms. The average Bonchev–Trinajstić information content (AvgIpc) is 3.00. The van der Waals surface area contributed by atoms with E-state index in [1.54, 1.807) is 0 Å². The molecule has 2 amide bonds. The van der Waals surface area contributed by atoms with Crippen LogP contribution in [0.5, 0.6) is 0 Å². The smallest absolute Gasteiger partial charge is 0.327 e. The lowest BCUT2D eigenvalue weighted by Gasteiger charge is -2.43. The van der Waals surface area contributed by atoms with Crippen molar-refractivity contribution in [2.45, 2.75) is 55.3 Å². The fourth-order valence-electron chi connectivity index (χ4n) is 4.29. The molecule has 2 fully saturated rings. The number of halogens is 2. The predicted molar refractivity (Wildman–Crippen MR) is 129 cm³/mol. The lowest BCUT2D eigenvalue weighted by atomic mass is 9.96. The number of hydrogen-bond donors (Lipinski definition) is 2. The minimum Gasteiger partial charge on any atom is -0.480 e. The Morgan fingerprint density at radius 2 is 1.81 bits per heavy atom. The maximum Gasteiger partial charge on any atom is 0.327 e. The Hall–Kier alpha value is -1.64. The predicted octanol–water partition coefficient (Wildman–Crippen LogP) is 2.93. The number of nitrogens with zero attached hydrogens (tertiary/aromatic N) is 2. The van der Waals surface area contributed by atoms with Crippen LogP contribution in [-0.4, -0.2) is 74.8 Å². The van der Waals surface area contributed by atoms with E-state index < -0.39 is 22.8 Å². The molecule has 0 radical (unpaired) electrons. The van der Waals surface area contributed by atoms with Crippen LogP contribution in [0.15, 0.2) is 24.3 Å². The number of carbonyl (C=O) groups is 3. The van der Waals surface area contributed by atoms with Crippen molar-refractivity contribution in [3.8, 4) is 0 Å². The van der Waals surface area contributed by atoms with Gasteiger partial charge in [0.1, 0.15) is 17.5 Å². The molecule has 2 heterocycles. The Morgan fingerprint density at radius 1 is 1.19 bits per heavy atom. The molecule has 2 aliphatic heterocycles. The maximum atomic E-state index is 12.5. The number of alkyl halides is 2. The van der Waals surface area contributed by atoms with Crippen molar-refractivity contribution in [2.24, 2.45) is 0 Å². The number of thioether (sulfide) groups is 1. The van der Waals surface area contributed by atoms with Crippen LogP contribution in [0, 0.1) is 0 Å². The van der Waals surface area contributed by atoms with Crippen molar-refractivity contribution < 1.29 is 19.5 Å². The molecule has 0 aromatic heterocycles. The molecule has 0 saturated carbocycles. The molecule has 0 bridgehead atoms. The van der Waals surface area contributed by atoms with Gasteiger partial charge in [0.25, 0.3) is 0 Å². The first-order chi connectivity index (χ1) is 15.2. The second-order valence-corrected chi connectivity index (χ2v) is 11.1. The Balaban J connectivity index is 1.46. The molecule has 2 N–H and O–H groups in total. The number of aliphatic carboxylic acids is 1. The summed E-state index contributed by atoms with van der Waals surface area (Å²) in [7, 11) is 0. The SMILES string of the molecule is CC1(C)S[C@@H]2[C@H](NC(=O)CCCc3ccc(N(CCCl)CCCl)cc3)C(=O)N2[C@H]1C(=O)O. The van der Waals surface area contributed by atoms with Gasteiger partial charge in [-0.1, -0.05) is 12.1 Å². The normalized spacial score (nSPS) is 23.4. The van der Waals surface area contributed by atoms with Crippen LogP contribution < -0.4 is 10.2 Å². The van der Waals surface area contributed by atoms with Crippen LogP contribution in [-0.2, 0) is 20.8 Å². The first kappa shape index (κ1) is 25.0. The first-order valence-corrected chi connectivity index (χ1v) is 12.6. The summed E-state index contributed by atoms with van der Waals surface area (Å²) in [5, 5.41) is 12.0. The van der Waals surface area contributed by atoms with Crippen LogP contribution in [0.4, 0.5) is 5.69 Å². The zero-order valence-electron chi connectivity index (χ0n) is 18.2. The number of rotatable bonds is 11. The molecule has 2 saturated heterocycles. The lowest BCUT2D eigenvalue weighted by Crippen LogP contribution is -2.70. The highest BCUT2D eigenvalue weighted by atomic mass is 35.5. The number of anilines is 1. The molecule has 1 aromatic rings. The molecule has 3 rings (SSSR count). The topological polar surface area (TPSA) is 90.0 Å². The van der Waals surface area contributed by atoms with Crippen LogP contribution in [0.3, 0.4) is 0 Å². The van der Waals surface area contributed by atoms with Gasteiger partial charge in [-0.2, -0.15) is 0 Å². The van der Waals surface area contributed by atoms with Crippen molar-refractivity contribution >= 4 is 58.4 Å². The van der Waals surface area contributed by atoms with Crippen molar-refractivity contribution in [2.75, 3.05) is 29.7 Å². The van der Waals surface area contributed by atoms with Crippen LogP contribution >= 0.6 is 35.0 Å². The van der Waals surface area contributed by atoms with E-state index in [1.165, 1.54) is 16.7 Å². The number of aryl methyl sites for hydroxylation is 1. The van der Waals surface area contributed by atoms with Gasteiger partial charge < -0.3 is 20.2 Å². The fraction of sp³-hybridized carbons (Fsp3) is 0.591. The zero-order chi connectivity index (χ0) is 23.5.